The Morgan fingerprint density at radius 1 is 0.818 bits per heavy atom. The summed E-state index contributed by atoms with van der Waals surface area (Å²) in [6, 6.07) is 18.8. The SMILES string of the molecule is Fc1ccc(-c2cn(-c3ccncc3)c3ccccc23)cc1. The van der Waals surface area contributed by atoms with Crippen LogP contribution in [-0.2, 0) is 0 Å². The van der Waals surface area contributed by atoms with E-state index in [1.54, 1.807) is 12.4 Å². The van der Waals surface area contributed by atoms with E-state index in [4.69, 9.17) is 0 Å². The van der Waals surface area contributed by atoms with Crippen LogP contribution in [0.5, 0.6) is 0 Å². The van der Waals surface area contributed by atoms with Gasteiger partial charge in [-0.25, -0.2) is 4.39 Å². The van der Waals surface area contributed by atoms with Crippen LogP contribution in [0.15, 0.2) is 79.3 Å². The Morgan fingerprint density at radius 3 is 2.32 bits per heavy atom. The van der Waals surface area contributed by atoms with Crippen molar-refractivity contribution in [1.82, 2.24) is 9.55 Å². The number of para-hydroxylation sites is 1. The van der Waals surface area contributed by atoms with Crippen LogP contribution in [0.3, 0.4) is 0 Å². The maximum Gasteiger partial charge on any atom is 0.123 e. The van der Waals surface area contributed by atoms with E-state index >= 15 is 0 Å². The average Bonchev–Trinajstić information content (AvgIpc) is 2.96. The minimum Gasteiger partial charge on any atom is -0.316 e. The largest absolute Gasteiger partial charge is 0.316 e. The second-order valence-electron chi connectivity index (χ2n) is 5.14. The minimum atomic E-state index is -0.221. The average molecular weight is 288 g/mol. The molecule has 0 atom stereocenters. The summed E-state index contributed by atoms with van der Waals surface area (Å²) in [5.74, 6) is -0.221. The molecule has 4 rings (SSSR count). The maximum atomic E-state index is 13.2. The fourth-order valence-corrected chi connectivity index (χ4v) is 2.76. The van der Waals surface area contributed by atoms with Crippen molar-refractivity contribution >= 4 is 10.9 Å². The van der Waals surface area contributed by atoms with Crippen molar-refractivity contribution in [2.45, 2.75) is 0 Å². The van der Waals surface area contributed by atoms with Gasteiger partial charge in [0.25, 0.3) is 0 Å². The highest BCUT2D eigenvalue weighted by Gasteiger charge is 2.11. The third kappa shape index (κ3) is 2.07. The molecule has 22 heavy (non-hydrogen) atoms. The van der Waals surface area contributed by atoms with E-state index in [1.807, 2.05) is 36.4 Å². The lowest BCUT2D eigenvalue weighted by atomic mass is 10.1. The van der Waals surface area contributed by atoms with Crippen molar-refractivity contribution < 1.29 is 4.39 Å². The molecule has 3 heteroatoms. The third-order valence-corrected chi connectivity index (χ3v) is 3.81. The molecule has 0 aliphatic heterocycles. The third-order valence-electron chi connectivity index (χ3n) is 3.81. The summed E-state index contributed by atoms with van der Waals surface area (Å²) >= 11 is 0. The van der Waals surface area contributed by atoms with E-state index < -0.39 is 0 Å². The van der Waals surface area contributed by atoms with Crippen LogP contribution in [0.2, 0.25) is 0 Å². The molecule has 0 aliphatic carbocycles. The minimum absolute atomic E-state index is 0.221. The van der Waals surface area contributed by atoms with Gasteiger partial charge in [0.2, 0.25) is 0 Å². The quantitative estimate of drug-likeness (QED) is 0.516. The second-order valence-corrected chi connectivity index (χ2v) is 5.14. The van der Waals surface area contributed by atoms with Crippen molar-refractivity contribution in [3.63, 3.8) is 0 Å². The summed E-state index contributed by atoms with van der Waals surface area (Å²) in [4.78, 5) is 4.07. The summed E-state index contributed by atoms with van der Waals surface area (Å²) in [5.41, 5.74) is 4.27. The summed E-state index contributed by atoms with van der Waals surface area (Å²) in [7, 11) is 0. The van der Waals surface area contributed by atoms with E-state index in [2.05, 4.69) is 27.9 Å². The van der Waals surface area contributed by atoms with Gasteiger partial charge in [-0.15, -0.1) is 0 Å². The van der Waals surface area contributed by atoms with Crippen molar-refractivity contribution in [2.24, 2.45) is 0 Å². The molecule has 2 nitrogen and oxygen atoms in total. The van der Waals surface area contributed by atoms with Crippen molar-refractivity contribution in [3.8, 4) is 16.8 Å². The van der Waals surface area contributed by atoms with Crippen molar-refractivity contribution in [1.29, 1.82) is 0 Å². The Morgan fingerprint density at radius 2 is 1.55 bits per heavy atom. The van der Waals surface area contributed by atoms with Gasteiger partial charge < -0.3 is 4.57 Å². The molecule has 0 bridgehead atoms. The van der Waals surface area contributed by atoms with E-state index in [-0.39, 0.29) is 5.82 Å². The molecule has 0 N–H and O–H groups in total. The molecular weight excluding hydrogens is 275 g/mol. The van der Waals surface area contributed by atoms with Crippen LogP contribution < -0.4 is 0 Å². The fraction of sp³-hybridized carbons (Fsp3) is 0. The first-order valence-electron chi connectivity index (χ1n) is 7.09. The van der Waals surface area contributed by atoms with Crippen LogP contribution in [0, 0.1) is 5.82 Å². The molecule has 2 aromatic heterocycles. The Kier molecular flexibility index (Phi) is 2.97. The van der Waals surface area contributed by atoms with Crippen molar-refractivity contribution in [3.05, 3.63) is 85.1 Å². The molecule has 0 unspecified atom stereocenters. The van der Waals surface area contributed by atoms with E-state index in [9.17, 15) is 4.39 Å². The maximum absolute atomic E-state index is 13.2. The molecule has 0 radical (unpaired) electrons. The summed E-state index contributed by atoms with van der Waals surface area (Å²) in [6.45, 7) is 0. The Balaban J connectivity index is 1.99. The van der Waals surface area contributed by atoms with Gasteiger partial charge in [0.05, 0.1) is 5.52 Å². The smallest absolute Gasteiger partial charge is 0.123 e. The lowest BCUT2D eigenvalue weighted by Gasteiger charge is -2.03. The highest BCUT2D eigenvalue weighted by molar-refractivity contribution is 5.97. The predicted octanol–water partition coefficient (Wildman–Crippen LogP) is 4.83. The van der Waals surface area contributed by atoms with Crippen LogP contribution >= 0.6 is 0 Å². The Bertz CT molecular complexity index is 925. The van der Waals surface area contributed by atoms with Gasteiger partial charge in [-0.2, -0.15) is 0 Å². The Hall–Kier alpha value is -2.94. The normalized spacial score (nSPS) is 11.0. The van der Waals surface area contributed by atoms with E-state index in [0.717, 1.165) is 27.7 Å². The van der Waals surface area contributed by atoms with Gasteiger partial charge in [-0.1, -0.05) is 30.3 Å². The van der Waals surface area contributed by atoms with Crippen LogP contribution in [0.4, 0.5) is 4.39 Å². The molecule has 0 saturated heterocycles. The van der Waals surface area contributed by atoms with Gasteiger partial charge in [-0.05, 0) is 35.9 Å². The zero-order chi connectivity index (χ0) is 14.9. The summed E-state index contributed by atoms with van der Waals surface area (Å²) < 4.78 is 15.3. The lowest BCUT2D eigenvalue weighted by molar-refractivity contribution is 0.628. The van der Waals surface area contributed by atoms with Gasteiger partial charge in [0, 0.05) is 35.2 Å². The molecule has 106 valence electrons. The molecule has 0 amide bonds. The summed E-state index contributed by atoms with van der Waals surface area (Å²) in [6.07, 6.45) is 5.65. The van der Waals surface area contributed by atoms with Crippen LogP contribution in [0.1, 0.15) is 0 Å². The van der Waals surface area contributed by atoms with Gasteiger partial charge >= 0.3 is 0 Å². The number of halogens is 1. The topological polar surface area (TPSA) is 17.8 Å². The monoisotopic (exact) mass is 288 g/mol. The van der Waals surface area contributed by atoms with E-state index in [0.29, 0.717) is 0 Å². The molecule has 0 saturated carbocycles. The molecule has 4 aromatic rings. The van der Waals surface area contributed by atoms with Gasteiger partial charge in [0.15, 0.2) is 0 Å². The fourth-order valence-electron chi connectivity index (χ4n) is 2.76. The highest BCUT2D eigenvalue weighted by Crippen LogP contribution is 2.32. The highest BCUT2D eigenvalue weighted by atomic mass is 19.1. The lowest BCUT2D eigenvalue weighted by Crippen LogP contribution is -1.91. The van der Waals surface area contributed by atoms with E-state index in [1.165, 1.54) is 12.1 Å². The van der Waals surface area contributed by atoms with Gasteiger partial charge in [-0.3, -0.25) is 4.98 Å². The number of hydrogen-bond acceptors (Lipinski definition) is 1. The molecule has 0 aliphatic rings. The number of aromatic nitrogens is 2. The summed E-state index contributed by atoms with van der Waals surface area (Å²) in [5, 5.41) is 1.14. The first-order valence-corrected chi connectivity index (χ1v) is 7.09. The number of fused-ring (bicyclic) bond motifs is 1. The Labute approximate surface area is 127 Å². The van der Waals surface area contributed by atoms with Crippen LogP contribution in [0.25, 0.3) is 27.7 Å². The molecule has 0 spiro atoms. The zero-order valence-electron chi connectivity index (χ0n) is 11.8. The second kappa shape index (κ2) is 5.11. The number of pyridine rings is 1. The molecule has 0 fully saturated rings. The van der Waals surface area contributed by atoms with Crippen LogP contribution in [-0.4, -0.2) is 9.55 Å². The molecule has 2 heterocycles. The number of nitrogens with zero attached hydrogens (tertiary/aromatic N) is 2. The predicted molar refractivity (Wildman–Crippen MR) is 86.5 cm³/mol. The number of benzene rings is 2. The first-order chi connectivity index (χ1) is 10.8. The molecule has 2 aromatic carbocycles. The molecular formula is C19H13FN2. The first kappa shape index (κ1) is 12.8. The van der Waals surface area contributed by atoms with Crippen molar-refractivity contribution in [2.75, 3.05) is 0 Å². The van der Waals surface area contributed by atoms with Gasteiger partial charge in [0.1, 0.15) is 5.82 Å². The zero-order valence-corrected chi connectivity index (χ0v) is 11.8. The number of rotatable bonds is 2. The number of hydrogen-bond donors (Lipinski definition) is 0. The standard InChI is InChI=1S/C19H13FN2/c20-15-7-5-14(6-8-15)18-13-22(16-9-11-21-12-10-16)19-4-2-1-3-17(18)19/h1-13H.